The number of rotatable bonds is 8. The van der Waals surface area contributed by atoms with Crippen LogP contribution in [0.3, 0.4) is 0 Å². The summed E-state index contributed by atoms with van der Waals surface area (Å²) in [6, 6.07) is 7.56. The summed E-state index contributed by atoms with van der Waals surface area (Å²) >= 11 is 3.37. The second-order valence-corrected chi connectivity index (χ2v) is 6.63. The minimum atomic E-state index is -0.525. The molecular weight excluding hydrogens is 334 g/mol. The van der Waals surface area contributed by atoms with Gasteiger partial charge in [-0.2, -0.15) is 0 Å². The van der Waals surface area contributed by atoms with Gasteiger partial charge in [0, 0.05) is 17.6 Å². The van der Waals surface area contributed by atoms with Crippen LogP contribution in [0.5, 0.6) is 5.75 Å². The van der Waals surface area contributed by atoms with Gasteiger partial charge in [0.2, 0.25) is 0 Å². The summed E-state index contributed by atoms with van der Waals surface area (Å²) in [4.78, 5) is 0. The first kappa shape index (κ1) is 16.7. The third kappa shape index (κ3) is 5.58. The third-order valence-corrected chi connectivity index (χ3v) is 4.62. The molecule has 2 rings (SSSR count). The highest BCUT2D eigenvalue weighted by Crippen LogP contribution is 2.30. The topological polar surface area (TPSA) is 61.7 Å². The molecule has 3 unspecified atom stereocenters. The van der Waals surface area contributed by atoms with Crippen LogP contribution in [0.25, 0.3) is 0 Å². The normalized spacial score (nSPS) is 23.2. The Morgan fingerprint density at radius 1 is 1.24 bits per heavy atom. The lowest BCUT2D eigenvalue weighted by atomic mass is 9.97. The number of aliphatic hydroxyl groups is 2. The van der Waals surface area contributed by atoms with Crippen LogP contribution >= 0.6 is 15.9 Å². The number of ether oxygens (including phenoxy) is 1. The van der Waals surface area contributed by atoms with Crippen molar-refractivity contribution in [1.29, 1.82) is 0 Å². The van der Waals surface area contributed by atoms with E-state index < -0.39 is 6.10 Å². The van der Waals surface area contributed by atoms with E-state index in [2.05, 4.69) is 21.2 Å². The van der Waals surface area contributed by atoms with Crippen molar-refractivity contribution in [2.45, 2.75) is 25.4 Å². The standard InChI is InChI=1S/C16H24BrNO3/c17-14-4-6-16(7-5-14)21-11-15(20)9-18-8-12-2-1-3-13(12)10-19/h4-7,12-13,15,18-20H,1-3,8-11H2. The number of hydrogen-bond acceptors (Lipinski definition) is 4. The van der Waals surface area contributed by atoms with Crippen LogP contribution in [0.1, 0.15) is 19.3 Å². The molecule has 21 heavy (non-hydrogen) atoms. The Hall–Kier alpha value is -0.620. The molecule has 1 aliphatic rings. The quantitative estimate of drug-likeness (QED) is 0.667. The molecule has 0 aliphatic heterocycles. The van der Waals surface area contributed by atoms with Gasteiger partial charge in [0.1, 0.15) is 18.5 Å². The van der Waals surface area contributed by atoms with Gasteiger partial charge in [-0.1, -0.05) is 22.4 Å². The number of halogens is 1. The summed E-state index contributed by atoms with van der Waals surface area (Å²) in [5.41, 5.74) is 0. The molecule has 1 aliphatic carbocycles. The van der Waals surface area contributed by atoms with E-state index in [4.69, 9.17) is 4.74 Å². The lowest BCUT2D eigenvalue weighted by Crippen LogP contribution is -2.35. The van der Waals surface area contributed by atoms with E-state index >= 15 is 0 Å². The Kier molecular flexibility index (Phi) is 6.96. The highest BCUT2D eigenvalue weighted by atomic mass is 79.9. The van der Waals surface area contributed by atoms with Crippen molar-refractivity contribution in [3.8, 4) is 5.75 Å². The first-order valence-corrected chi connectivity index (χ1v) is 8.36. The van der Waals surface area contributed by atoms with E-state index in [0.29, 0.717) is 18.4 Å². The third-order valence-electron chi connectivity index (χ3n) is 4.09. The molecule has 0 aromatic heterocycles. The summed E-state index contributed by atoms with van der Waals surface area (Å²) in [5.74, 6) is 1.72. The molecule has 0 radical (unpaired) electrons. The van der Waals surface area contributed by atoms with Crippen LogP contribution in [0.4, 0.5) is 0 Å². The lowest BCUT2D eigenvalue weighted by Gasteiger charge is -2.19. The van der Waals surface area contributed by atoms with E-state index in [1.165, 1.54) is 12.8 Å². The van der Waals surface area contributed by atoms with Crippen molar-refractivity contribution < 1.29 is 14.9 Å². The molecule has 1 saturated carbocycles. The Bertz CT molecular complexity index is 412. The maximum Gasteiger partial charge on any atom is 0.119 e. The van der Waals surface area contributed by atoms with Crippen molar-refractivity contribution in [3.63, 3.8) is 0 Å². The second kappa shape index (κ2) is 8.73. The van der Waals surface area contributed by atoms with E-state index in [1.807, 2.05) is 24.3 Å². The van der Waals surface area contributed by atoms with Gasteiger partial charge >= 0.3 is 0 Å². The predicted molar refractivity (Wildman–Crippen MR) is 86.4 cm³/mol. The molecule has 1 aromatic rings. The van der Waals surface area contributed by atoms with Crippen LogP contribution < -0.4 is 10.1 Å². The van der Waals surface area contributed by atoms with E-state index in [1.54, 1.807) is 0 Å². The Balaban J connectivity index is 1.61. The average molecular weight is 358 g/mol. The van der Waals surface area contributed by atoms with E-state index in [9.17, 15) is 10.2 Å². The predicted octanol–water partition coefficient (Wildman–Crippen LogP) is 2.19. The van der Waals surface area contributed by atoms with Gasteiger partial charge in [-0.05, 0) is 55.5 Å². The van der Waals surface area contributed by atoms with E-state index in [0.717, 1.165) is 23.2 Å². The van der Waals surface area contributed by atoms with Crippen LogP contribution in [-0.2, 0) is 0 Å². The summed E-state index contributed by atoms with van der Waals surface area (Å²) in [6.07, 6.45) is 2.97. The summed E-state index contributed by atoms with van der Waals surface area (Å²) in [5, 5.41) is 22.5. The maximum absolute atomic E-state index is 9.92. The van der Waals surface area contributed by atoms with Gasteiger partial charge in [0.05, 0.1) is 0 Å². The zero-order valence-electron chi connectivity index (χ0n) is 12.2. The monoisotopic (exact) mass is 357 g/mol. The van der Waals surface area contributed by atoms with Crippen LogP contribution in [0.2, 0.25) is 0 Å². The lowest BCUT2D eigenvalue weighted by molar-refractivity contribution is 0.104. The molecule has 0 amide bonds. The fraction of sp³-hybridized carbons (Fsp3) is 0.625. The van der Waals surface area contributed by atoms with Gasteiger partial charge in [-0.15, -0.1) is 0 Å². The Morgan fingerprint density at radius 2 is 1.95 bits per heavy atom. The second-order valence-electron chi connectivity index (χ2n) is 5.71. The van der Waals surface area contributed by atoms with Gasteiger partial charge in [0.25, 0.3) is 0 Å². The van der Waals surface area contributed by atoms with Gasteiger partial charge in [0.15, 0.2) is 0 Å². The van der Waals surface area contributed by atoms with Crippen molar-refractivity contribution in [2.24, 2.45) is 11.8 Å². The summed E-state index contributed by atoms with van der Waals surface area (Å²) < 4.78 is 6.54. The molecule has 3 atom stereocenters. The first-order chi connectivity index (χ1) is 10.2. The van der Waals surface area contributed by atoms with E-state index in [-0.39, 0.29) is 13.2 Å². The number of hydrogen-bond donors (Lipinski definition) is 3. The highest BCUT2D eigenvalue weighted by Gasteiger charge is 2.26. The fourth-order valence-electron chi connectivity index (χ4n) is 2.84. The maximum atomic E-state index is 9.92. The molecule has 4 nitrogen and oxygen atoms in total. The average Bonchev–Trinajstić information content (AvgIpc) is 2.94. The fourth-order valence-corrected chi connectivity index (χ4v) is 3.10. The zero-order chi connectivity index (χ0) is 15.1. The Morgan fingerprint density at radius 3 is 2.67 bits per heavy atom. The van der Waals surface area contributed by atoms with Crippen LogP contribution in [0, 0.1) is 11.8 Å². The zero-order valence-corrected chi connectivity index (χ0v) is 13.8. The SMILES string of the molecule is OCC1CCCC1CNCC(O)COc1ccc(Br)cc1. The number of benzene rings is 1. The molecule has 1 fully saturated rings. The summed E-state index contributed by atoms with van der Waals surface area (Å²) in [6.45, 7) is 1.94. The Labute approximate surface area is 134 Å². The molecule has 0 heterocycles. The number of aliphatic hydroxyl groups excluding tert-OH is 2. The minimum Gasteiger partial charge on any atom is -0.491 e. The van der Waals surface area contributed by atoms with Crippen molar-refractivity contribution >= 4 is 15.9 Å². The van der Waals surface area contributed by atoms with Crippen molar-refractivity contribution in [3.05, 3.63) is 28.7 Å². The minimum absolute atomic E-state index is 0.279. The molecule has 1 aromatic carbocycles. The van der Waals surface area contributed by atoms with Crippen molar-refractivity contribution in [2.75, 3.05) is 26.3 Å². The van der Waals surface area contributed by atoms with Gasteiger partial charge in [-0.25, -0.2) is 0 Å². The number of nitrogens with one attached hydrogen (secondary N) is 1. The smallest absolute Gasteiger partial charge is 0.119 e. The molecule has 5 heteroatoms. The molecule has 3 N–H and O–H groups in total. The molecule has 0 bridgehead atoms. The van der Waals surface area contributed by atoms with Gasteiger partial charge < -0.3 is 20.3 Å². The molecule has 0 spiro atoms. The molecule has 0 saturated heterocycles. The highest BCUT2D eigenvalue weighted by molar-refractivity contribution is 9.10. The summed E-state index contributed by atoms with van der Waals surface area (Å²) in [7, 11) is 0. The van der Waals surface area contributed by atoms with Crippen molar-refractivity contribution in [1.82, 2.24) is 5.32 Å². The van der Waals surface area contributed by atoms with Crippen LogP contribution in [0.15, 0.2) is 28.7 Å². The molecular formula is C16H24BrNO3. The largest absolute Gasteiger partial charge is 0.491 e. The first-order valence-electron chi connectivity index (χ1n) is 7.57. The van der Waals surface area contributed by atoms with Gasteiger partial charge in [-0.3, -0.25) is 0 Å². The van der Waals surface area contributed by atoms with Crippen LogP contribution in [-0.4, -0.2) is 42.6 Å². The molecule has 118 valence electrons.